The fraction of sp³-hybridized carbons (Fsp3) is 0.625. The third-order valence-corrected chi connectivity index (χ3v) is 4.18. The zero-order chi connectivity index (χ0) is 13.0. The fourth-order valence-corrected chi connectivity index (χ4v) is 2.76. The van der Waals surface area contributed by atoms with Gasteiger partial charge in [-0.3, -0.25) is 0 Å². The fourth-order valence-electron chi connectivity index (χ4n) is 2.76. The van der Waals surface area contributed by atoms with E-state index in [0.717, 1.165) is 17.7 Å². The van der Waals surface area contributed by atoms with Gasteiger partial charge in [-0.2, -0.15) is 0 Å². The zero-order valence-corrected chi connectivity index (χ0v) is 11.8. The molecule has 1 aromatic carbocycles. The molecule has 0 spiro atoms. The number of methoxy groups -OCH3 is 1. The van der Waals surface area contributed by atoms with Crippen molar-refractivity contribution in [2.45, 2.75) is 57.5 Å². The minimum Gasteiger partial charge on any atom is -0.497 e. The maximum Gasteiger partial charge on any atom is 0.118 e. The SMILES string of the molecule is CCC(CC)NC1CC(c2ccc(OC)cc2)C1. The van der Waals surface area contributed by atoms with Crippen LogP contribution in [-0.4, -0.2) is 19.2 Å². The number of benzene rings is 1. The average Bonchev–Trinajstić information content (AvgIpc) is 2.38. The third-order valence-electron chi connectivity index (χ3n) is 4.18. The standard InChI is InChI=1S/C16H25NO/c1-4-14(5-2)17-15-10-13(11-15)12-6-8-16(18-3)9-7-12/h6-9,13-15,17H,4-5,10-11H2,1-3H3. The number of nitrogens with one attached hydrogen (secondary N) is 1. The third kappa shape index (κ3) is 3.05. The van der Waals surface area contributed by atoms with Crippen LogP contribution in [0.3, 0.4) is 0 Å². The largest absolute Gasteiger partial charge is 0.497 e. The molecule has 0 heterocycles. The molecule has 0 aromatic heterocycles. The second-order valence-electron chi connectivity index (χ2n) is 5.32. The molecule has 100 valence electrons. The van der Waals surface area contributed by atoms with Crippen LogP contribution >= 0.6 is 0 Å². The molecule has 0 atom stereocenters. The lowest BCUT2D eigenvalue weighted by Gasteiger charge is -2.38. The molecular weight excluding hydrogens is 222 g/mol. The Morgan fingerprint density at radius 1 is 1.17 bits per heavy atom. The highest BCUT2D eigenvalue weighted by atomic mass is 16.5. The van der Waals surface area contributed by atoms with Crippen molar-refractivity contribution in [2.75, 3.05) is 7.11 Å². The van der Waals surface area contributed by atoms with E-state index in [9.17, 15) is 0 Å². The van der Waals surface area contributed by atoms with E-state index >= 15 is 0 Å². The molecule has 0 unspecified atom stereocenters. The Balaban J connectivity index is 1.81. The van der Waals surface area contributed by atoms with Crippen molar-refractivity contribution in [1.29, 1.82) is 0 Å². The van der Waals surface area contributed by atoms with Gasteiger partial charge in [0.15, 0.2) is 0 Å². The van der Waals surface area contributed by atoms with Gasteiger partial charge in [-0.15, -0.1) is 0 Å². The summed E-state index contributed by atoms with van der Waals surface area (Å²) in [7, 11) is 1.72. The van der Waals surface area contributed by atoms with Crippen LogP contribution in [0.1, 0.15) is 51.0 Å². The van der Waals surface area contributed by atoms with E-state index in [-0.39, 0.29) is 0 Å². The second kappa shape index (κ2) is 6.24. The normalized spacial score (nSPS) is 22.9. The lowest BCUT2D eigenvalue weighted by molar-refractivity contribution is 0.258. The monoisotopic (exact) mass is 247 g/mol. The predicted octanol–water partition coefficient (Wildman–Crippen LogP) is 3.72. The molecule has 1 aliphatic rings. The van der Waals surface area contributed by atoms with Crippen LogP contribution in [0.2, 0.25) is 0 Å². The molecular formula is C16H25NO. The highest BCUT2D eigenvalue weighted by molar-refractivity contribution is 5.30. The first kappa shape index (κ1) is 13.4. The van der Waals surface area contributed by atoms with Crippen molar-refractivity contribution in [3.05, 3.63) is 29.8 Å². The van der Waals surface area contributed by atoms with Gasteiger partial charge in [-0.05, 0) is 49.3 Å². The first-order chi connectivity index (χ1) is 8.76. The van der Waals surface area contributed by atoms with E-state index in [1.807, 2.05) is 0 Å². The maximum absolute atomic E-state index is 5.19. The Labute approximate surface area is 111 Å². The zero-order valence-electron chi connectivity index (χ0n) is 11.8. The summed E-state index contributed by atoms with van der Waals surface area (Å²) in [4.78, 5) is 0. The van der Waals surface area contributed by atoms with Gasteiger partial charge < -0.3 is 10.1 Å². The molecule has 2 rings (SSSR count). The van der Waals surface area contributed by atoms with Crippen LogP contribution in [0.25, 0.3) is 0 Å². The Kier molecular flexibility index (Phi) is 4.65. The second-order valence-corrected chi connectivity index (χ2v) is 5.32. The highest BCUT2D eigenvalue weighted by Crippen LogP contribution is 2.37. The highest BCUT2D eigenvalue weighted by Gasteiger charge is 2.30. The lowest BCUT2D eigenvalue weighted by atomic mass is 9.75. The molecule has 2 nitrogen and oxygen atoms in total. The smallest absolute Gasteiger partial charge is 0.118 e. The van der Waals surface area contributed by atoms with Gasteiger partial charge in [0.2, 0.25) is 0 Å². The van der Waals surface area contributed by atoms with E-state index < -0.39 is 0 Å². The van der Waals surface area contributed by atoms with Crippen molar-refractivity contribution in [1.82, 2.24) is 5.32 Å². The van der Waals surface area contributed by atoms with Crippen LogP contribution in [0.4, 0.5) is 0 Å². The van der Waals surface area contributed by atoms with Crippen molar-refractivity contribution in [3.63, 3.8) is 0 Å². The Hall–Kier alpha value is -1.02. The van der Waals surface area contributed by atoms with Gasteiger partial charge in [0.1, 0.15) is 5.75 Å². The molecule has 1 N–H and O–H groups in total. The van der Waals surface area contributed by atoms with Crippen molar-refractivity contribution in [2.24, 2.45) is 0 Å². The molecule has 0 radical (unpaired) electrons. The Morgan fingerprint density at radius 2 is 1.78 bits per heavy atom. The Morgan fingerprint density at radius 3 is 2.28 bits per heavy atom. The molecule has 0 aliphatic heterocycles. The van der Waals surface area contributed by atoms with Gasteiger partial charge >= 0.3 is 0 Å². The molecule has 2 heteroatoms. The van der Waals surface area contributed by atoms with Crippen LogP contribution in [0.5, 0.6) is 5.75 Å². The van der Waals surface area contributed by atoms with Crippen LogP contribution < -0.4 is 10.1 Å². The molecule has 0 bridgehead atoms. The first-order valence-electron chi connectivity index (χ1n) is 7.16. The molecule has 0 saturated heterocycles. The van der Waals surface area contributed by atoms with E-state index in [4.69, 9.17) is 4.74 Å². The molecule has 1 fully saturated rings. The minimum absolute atomic E-state index is 0.701. The topological polar surface area (TPSA) is 21.3 Å². The van der Waals surface area contributed by atoms with Crippen LogP contribution in [0.15, 0.2) is 24.3 Å². The lowest BCUT2D eigenvalue weighted by Crippen LogP contribution is -2.45. The van der Waals surface area contributed by atoms with Gasteiger partial charge in [0.25, 0.3) is 0 Å². The summed E-state index contributed by atoms with van der Waals surface area (Å²) in [5.41, 5.74) is 1.46. The van der Waals surface area contributed by atoms with E-state index in [1.54, 1.807) is 7.11 Å². The van der Waals surface area contributed by atoms with E-state index in [0.29, 0.717) is 6.04 Å². The summed E-state index contributed by atoms with van der Waals surface area (Å²) in [6, 6.07) is 9.97. The summed E-state index contributed by atoms with van der Waals surface area (Å²) in [5.74, 6) is 1.69. The summed E-state index contributed by atoms with van der Waals surface area (Å²) < 4.78 is 5.19. The van der Waals surface area contributed by atoms with Gasteiger partial charge in [-0.1, -0.05) is 26.0 Å². The summed E-state index contributed by atoms with van der Waals surface area (Å²) in [5, 5.41) is 3.75. The van der Waals surface area contributed by atoms with Crippen molar-refractivity contribution < 1.29 is 4.74 Å². The van der Waals surface area contributed by atoms with Gasteiger partial charge in [0, 0.05) is 12.1 Å². The molecule has 0 amide bonds. The van der Waals surface area contributed by atoms with Gasteiger partial charge in [-0.25, -0.2) is 0 Å². The van der Waals surface area contributed by atoms with Crippen molar-refractivity contribution in [3.8, 4) is 5.75 Å². The maximum atomic E-state index is 5.19. The number of rotatable bonds is 6. The summed E-state index contributed by atoms with van der Waals surface area (Å²) in [6.45, 7) is 4.53. The number of hydrogen-bond donors (Lipinski definition) is 1. The van der Waals surface area contributed by atoms with Gasteiger partial charge in [0.05, 0.1) is 7.11 Å². The number of hydrogen-bond acceptors (Lipinski definition) is 2. The molecule has 1 aromatic rings. The van der Waals surface area contributed by atoms with Crippen LogP contribution in [0, 0.1) is 0 Å². The first-order valence-corrected chi connectivity index (χ1v) is 7.16. The van der Waals surface area contributed by atoms with E-state index in [2.05, 4.69) is 43.4 Å². The minimum atomic E-state index is 0.701. The molecule has 18 heavy (non-hydrogen) atoms. The Bertz CT molecular complexity index is 350. The predicted molar refractivity (Wildman–Crippen MR) is 76.3 cm³/mol. The molecule has 1 aliphatic carbocycles. The van der Waals surface area contributed by atoms with Crippen molar-refractivity contribution >= 4 is 0 Å². The number of ether oxygens (including phenoxy) is 1. The van der Waals surface area contributed by atoms with E-state index in [1.165, 1.54) is 31.2 Å². The summed E-state index contributed by atoms with van der Waals surface area (Å²) >= 11 is 0. The molecule has 1 saturated carbocycles. The summed E-state index contributed by atoms with van der Waals surface area (Å²) in [6.07, 6.45) is 5.03. The average molecular weight is 247 g/mol. The van der Waals surface area contributed by atoms with Crippen LogP contribution in [-0.2, 0) is 0 Å². The quantitative estimate of drug-likeness (QED) is 0.827.